The smallest absolute Gasteiger partial charge is 0.323 e. The maximum Gasteiger partial charge on any atom is 0.323 e. The minimum atomic E-state index is -0.399. The molecule has 0 spiro atoms. The summed E-state index contributed by atoms with van der Waals surface area (Å²) in [6, 6.07) is 10.4. The third-order valence-corrected chi connectivity index (χ3v) is 2.89. The molecule has 0 aliphatic heterocycles. The van der Waals surface area contributed by atoms with Crippen LogP contribution in [0.4, 0.5) is 10.5 Å². The summed E-state index contributed by atoms with van der Waals surface area (Å²) in [5.41, 5.74) is 1.36. The predicted molar refractivity (Wildman–Crippen MR) is 83.4 cm³/mol. The Kier molecular flexibility index (Phi) is 5.17. The number of ether oxygens (including phenoxy) is 1. The molecular weight excluding hydrogens is 290 g/mol. The first-order valence-corrected chi connectivity index (χ1v) is 6.55. The van der Waals surface area contributed by atoms with E-state index in [4.69, 9.17) is 16.3 Å². The van der Waals surface area contributed by atoms with E-state index in [0.717, 1.165) is 11.3 Å². The summed E-state index contributed by atoms with van der Waals surface area (Å²) in [6.07, 6.45) is 4.84. The van der Waals surface area contributed by atoms with Gasteiger partial charge in [0, 0.05) is 12.4 Å². The second-order valence-electron chi connectivity index (χ2n) is 4.05. The minimum absolute atomic E-state index is 0.240. The van der Waals surface area contributed by atoms with Gasteiger partial charge in [0.2, 0.25) is 0 Å². The molecule has 0 saturated heterocycles. The number of hydrogen-bond donors (Lipinski definition) is 2. The molecule has 0 bridgehead atoms. The summed E-state index contributed by atoms with van der Waals surface area (Å²) < 4.78 is 5.12. The molecule has 2 amide bonds. The normalized spacial score (nSPS) is 10.4. The molecule has 0 radical (unpaired) electrons. The Hall–Kier alpha value is -2.53. The molecule has 21 heavy (non-hydrogen) atoms. The number of pyridine rings is 1. The molecule has 2 rings (SSSR count). The van der Waals surface area contributed by atoms with Crippen molar-refractivity contribution in [3.8, 4) is 5.75 Å². The molecule has 0 atom stereocenters. The van der Waals surface area contributed by atoms with Crippen LogP contribution in [0.5, 0.6) is 5.75 Å². The van der Waals surface area contributed by atoms with Gasteiger partial charge in [0.25, 0.3) is 0 Å². The molecule has 1 heterocycles. The van der Waals surface area contributed by atoms with Crippen LogP contribution in [0.3, 0.4) is 0 Å². The van der Waals surface area contributed by atoms with Crippen LogP contribution >= 0.6 is 11.6 Å². The zero-order chi connectivity index (χ0) is 15.1. The first kappa shape index (κ1) is 14.9. The third kappa shape index (κ3) is 4.50. The lowest BCUT2D eigenvalue weighted by molar-refractivity contribution is 0.255. The number of aromatic nitrogens is 1. The van der Waals surface area contributed by atoms with Crippen molar-refractivity contribution in [1.82, 2.24) is 10.3 Å². The summed E-state index contributed by atoms with van der Waals surface area (Å²) >= 11 is 5.85. The zero-order valence-corrected chi connectivity index (χ0v) is 12.1. The van der Waals surface area contributed by atoms with Gasteiger partial charge < -0.3 is 15.4 Å². The molecule has 6 heteroatoms. The van der Waals surface area contributed by atoms with E-state index in [9.17, 15) is 4.79 Å². The third-order valence-electron chi connectivity index (χ3n) is 2.59. The van der Waals surface area contributed by atoms with Gasteiger partial charge in [0.15, 0.2) is 5.15 Å². The lowest BCUT2D eigenvalue weighted by Crippen LogP contribution is -2.23. The van der Waals surface area contributed by atoms with Crippen LogP contribution < -0.4 is 15.4 Å². The average Bonchev–Trinajstić information content (AvgIpc) is 2.50. The number of rotatable bonds is 4. The Bertz CT molecular complexity index is 659. The average molecular weight is 304 g/mol. The van der Waals surface area contributed by atoms with E-state index < -0.39 is 6.03 Å². The van der Waals surface area contributed by atoms with Crippen molar-refractivity contribution in [3.05, 3.63) is 59.5 Å². The second-order valence-corrected chi connectivity index (χ2v) is 4.41. The molecule has 5 nitrogen and oxygen atoms in total. The van der Waals surface area contributed by atoms with Crippen molar-refractivity contribution in [2.75, 3.05) is 12.4 Å². The molecule has 0 saturated carbocycles. The Labute approximate surface area is 127 Å². The number of hydrogen-bond acceptors (Lipinski definition) is 3. The summed E-state index contributed by atoms with van der Waals surface area (Å²) in [7, 11) is 1.60. The molecule has 108 valence electrons. The number of benzene rings is 1. The Morgan fingerprint density at radius 2 is 2.19 bits per heavy atom. The number of carbonyl (C=O) groups excluding carboxylic acids is 1. The van der Waals surface area contributed by atoms with Gasteiger partial charge in [-0.3, -0.25) is 0 Å². The molecule has 1 aromatic heterocycles. The fraction of sp³-hybridized carbons (Fsp3) is 0.0667. The highest BCUT2D eigenvalue weighted by Gasteiger charge is 2.03. The highest BCUT2D eigenvalue weighted by atomic mass is 35.5. The number of methoxy groups -OCH3 is 1. The Morgan fingerprint density at radius 3 is 2.95 bits per heavy atom. The van der Waals surface area contributed by atoms with Gasteiger partial charge in [-0.15, -0.1) is 0 Å². The van der Waals surface area contributed by atoms with Crippen molar-refractivity contribution in [2.45, 2.75) is 0 Å². The minimum Gasteiger partial charge on any atom is -0.497 e. The summed E-state index contributed by atoms with van der Waals surface area (Å²) in [5, 5.41) is 5.43. The monoisotopic (exact) mass is 303 g/mol. The van der Waals surface area contributed by atoms with Crippen molar-refractivity contribution >= 4 is 29.4 Å². The molecular formula is C15H14ClN3O2. The standard InChI is InChI=1S/C15H14ClN3O2/c1-21-12-5-2-4-11(10-12)7-9-18-15(20)19-13-6-3-8-17-14(13)16/h2-10H,1H3,(H2,18,19,20)/b9-7+. The SMILES string of the molecule is COc1cccc(/C=C/NC(=O)Nc2cccnc2Cl)c1. The number of nitrogens with one attached hydrogen (secondary N) is 2. The van der Waals surface area contributed by atoms with Gasteiger partial charge in [-0.1, -0.05) is 23.7 Å². The molecule has 0 aliphatic rings. The fourth-order valence-corrected chi connectivity index (χ4v) is 1.76. The molecule has 0 unspecified atom stereocenters. The van der Waals surface area contributed by atoms with Gasteiger partial charge in [-0.05, 0) is 35.9 Å². The summed E-state index contributed by atoms with van der Waals surface area (Å²) in [5.74, 6) is 0.753. The van der Waals surface area contributed by atoms with E-state index in [1.807, 2.05) is 24.3 Å². The number of nitrogens with zero attached hydrogens (tertiary/aromatic N) is 1. The van der Waals surface area contributed by atoms with Crippen LogP contribution in [0.25, 0.3) is 6.08 Å². The van der Waals surface area contributed by atoms with Crippen molar-refractivity contribution < 1.29 is 9.53 Å². The number of carbonyl (C=O) groups is 1. The number of amides is 2. The van der Waals surface area contributed by atoms with Gasteiger partial charge in [0.05, 0.1) is 12.8 Å². The van der Waals surface area contributed by atoms with Gasteiger partial charge in [0.1, 0.15) is 5.75 Å². The van der Waals surface area contributed by atoms with Crippen LogP contribution in [-0.4, -0.2) is 18.1 Å². The lowest BCUT2D eigenvalue weighted by Gasteiger charge is -2.05. The van der Waals surface area contributed by atoms with Gasteiger partial charge in [-0.25, -0.2) is 9.78 Å². The summed E-state index contributed by atoms with van der Waals surface area (Å²) in [6.45, 7) is 0. The second kappa shape index (κ2) is 7.31. The topological polar surface area (TPSA) is 63.2 Å². The maximum absolute atomic E-state index is 11.7. The molecule has 0 aliphatic carbocycles. The lowest BCUT2D eigenvalue weighted by atomic mass is 10.2. The van der Waals surface area contributed by atoms with Crippen LogP contribution in [0, 0.1) is 0 Å². The highest BCUT2D eigenvalue weighted by molar-refractivity contribution is 6.32. The zero-order valence-electron chi connectivity index (χ0n) is 11.3. The van der Waals surface area contributed by atoms with Gasteiger partial charge >= 0.3 is 6.03 Å². The molecule has 1 aromatic carbocycles. The van der Waals surface area contributed by atoms with Gasteiger partial charge in [-0.2, -0.15) is 0 Å². The predicted octanol–water partition coefficient (Wildman–Crippen LogP) is 3.54. The molecule has 2 aromatic rings. The van der Waals surface area contributed by atoms with Crippen LogP contribution in [0.15, 0.2) is 48.8 Å². The number of halogens is 1. The van der Waals surface area contributed by atoms with E-state index >= 15 is 0 Å². The van der Waals surface area contributed by atoms with E-state index in [-0.39, 0.29) is 5.15 Å². The van der Waals surface area contributed by atoms with E-state index in [0.29, 0.717) is 5.69 Å². The first-order valence-electron chi connectivity index (χ1n) is 6.17. The number of urea groups is 1. The Balaban J connectivity index is 1.91. The van der Waals surface area contributed by atoms with Crippen molar-refractivity contribution in [2.24, 2.45) is 0 Å². The van der Waals surface area contributed by atoms with E-state index in [1.54, 1.807) is 31.5 Å². The summed E-state index contributed by atoms with van der Waals surface area (Å²) in [4.78, 5) is 15.6. The van der Waals surface area contributed by atoms with E-state index in [1.165, 1.54) is 6.20 Å². The van der Waals surface area contributed by atoms with Crippen LogP contribution in [0.1, 0.15) is 5.56 Å². The largest absolute Gasteiger partial charge is 0.497 e. The highest BCUT2D eigenvalue weighted by Crippen LogP contribution is 2.17. The van der Waals surface area contributed by atoms with Crippen molar-refractivity contribution in [3.63, 3.8) is 0 Å². The fourth-order valence-electron chi connectivity index (χ4n) is 1.60. The van der Waals surface area contributed by atoms with Crippen molar-refractivity contribution in [1.29, 1.82) is 0 Å². The molecule has 0 fully saturated rings. The van der Waals surface area contributed by atoms with Crippen LogP contribution in [-0.2, 0) is 0 Å². The van der Waals surface area contributed by atoms with Crippen LogP contribution in [0.2, 0.25) is 5.15 Å². The maximum atomic E-state index is 11.7. The van der Waals surface area contributed by atoms with E-state index in [2.05, 4.69) is 15.6 Å². The quantitative estimate of drug-likeness (QED) is 0.849. The molecule has 2 N–H and O–H groups in total. The Morgan fingerprint density at radius 1 is 1.33 bits per heavy atom. The first-order chi connectivity index (χ1) is 10.2. The number of anilines is 1.